The summed E-state index contributed by atoms with van der Waals surface area (Å²) in [5.41, 5.74) is 1.16. The van der Waals surface area contributed by atoms with Gasteiger partial charge >= 0.3 is 0 Å². The fourth-order valence-electron chi connectivity index (χ4n) is 2.13. The lowest BCUT2D eigenvalue weighted by Gasteiger charge is -2.21. The van der Waals surface area contributed by atoms with Gasteiger partial charge in [-0.15, -0.1) is 0 Å². The summed E-state index contributed by atoms with van der Waals surface area (Å²) in [6, 6.07) is 7.82. The first kappa shape index (κ1) is 19.1. The highest BCUT2D eigenvalue weighted by Gasteiger charge is 2.19. The van der Waals surface area contributed by atoms with Gasteiger partial charge in [0, 0.05) is 12.0 Å². The molecule has 0 atom stereocenters. The zero-order valence-electron chi connectivity index (χ0n) is 15.1. The molecule has 0 saturated carbocycles. The van der Waals surface area contributed by atoms with Crippen LogP contribution in [-0.2, 0) is 12.1 Å². The number of ether oxygens (including phenoxy) is 1. The molecule has 0 N–H and O–H groups in total. The van der Waals surface area contributed by atoms with Gasteiger partial charge in [0.15, 0.2) is 10.8 Å². The van der Waals surface area contributed by atoms with Crippen LogP contribution in [0.25, 0.3) is 0 Å². The Morgan fingerprint density at radius 2 is 1.92 bits per heavy atom. The van der Waals surface area contributed by atoms with Crippen LogP contribution in [0.5, 0.6) is 5.75 Å². The van der Waals surface area contributed by atoms with E-state index in [2.05, 4.69) is 23.9 Å². The van der Waals surface area contributed by atoms with E-state index >= 15 is 0 Å². The number of rotatable bonds is 4. The van der Waals surface area contributed by atoms with E-state index in [0.29, 0.717) is 12.4 Å². The molecule has 0 aliphatic heterocycles. The van der Waals surface area contributed by atoms with E-state index in [1.807, 2.05) is 45.0 Å². The highest BCUT2D eigenvalue weighted by molar-refractivity contribution is 6.31. The predicted molar refractivity (Wildman–Crippen MR) is 101 cm³/mol. The van der Waals surface area contributed by atoms with Crippen molar-refractivity contribution in [2.45, 2.75) is 52.7 Å². The first-order valence-electron chi connectivity index (χ1n) is 8.32. The molecule has 0 unspecified atom stereocenters. The molecule has 0 aliphatic rings. The van der Waals surface area contributed by atoms with Crippen molar-refractivity contribution in [3.05, 3.63) is 57.0 Å². The monoisotopic (exact) mass is 358 g/mol. The fraction of sp³-hybridized carbons (Fsp3) is 0.400. The minimum Gasteiger partial charge on any atom is -0.485 e. The maximum absolute atomic E-state index is 12.3. The van der Waals surface area contributed by atoms with Gasteiger partial charge < -0.3 is 4.74 Å². The number of hydrogen-bond acceptors (Lipinski definition) is 3. The van der Waals surface area contributed by atoms with E-state index in [0.717, 1.165) is 24.0 Å². The van der Waals surface area contributed by atoms with Crippen molar-refractivity contribution in [3.63, 3.8) is 0 Å². The first-order chi connectivity index (χ1) is 11.8. The van der Waals surface area contributed by atoms with Gasteiger partial charge in [-0.2, -0.15) is 5.10 Å². The lowest BCUT2D eigenvalue weighted by molar-refractivity contribution is 0.292. The van der Waals surface area contributed by atoms with Crippen LogP contribution in [0.15, 0.2) is 35.3 Å². The maximum atomic E-state index is 12.3. The third-order valence-electron chi connectivity index (χ3n) is 3.48. The number of aromatic nitrogens is 2. The average molecular weight is 359 g/mol. The van der Waals surface area contributed by atoms with E-state index in [-0.39, 0.29) is 10.6 Å². The minimum atomic E-state index is -0.437. The molecular weight excluding hydrogens is 336 g/mol. The molecule has 132 valence electrons. The lowest BCUT2D eigenvalue weighted by atomic mass is 10.1. The summed E-state index contributed by atoms with van der Waals surface area (Å²) in [5.74, 6) is 6.52. The number of benzene rings is 1. The van der Waals surface area contributed by atoms with Crippen molar-refractivity contribution in [3.8, 4) is 17.6 Å². The molecular formula is C20H23ClN2O2. The molecule has 2 aromatic rings. The molecule has 5 heteroatoms. The Bertz CT molecular complexity index is 837. The summed E-state index contributed by atoms with van der Waals surface area (Å²) >= 11 is 6.15. The second kappa shape index (κ2) is 8.22. The van der Waals surface area contributed by atoms with Crippen molar-refractivity contribution in [1.29, 1.82) is 0 Å². The summed E-state index contributed by atoms with van der Waals surface area (Å²) in [7, 11) is 0. The summed E-state index contributed by atoms with van der Waals surface area (Å²) < 4.78 is 7.02. The SMILES string of the molecule is CCCC#Cc1ccc(COc2cnn(C(C)(C)C)c(=O)c2Cl)cc1. The Labute approximate surface area is 153 Å². The molecule has 1 aromatic heterocycles. The predicted octanol–water partition coefficient (Wildman–Crippen LogP) is 4.38. The fourth-order valence-corrected chi connectivity index (χ4v) is 2.31. The van der Waals surface area contributed by atoms with Gasteiger partial charge in [0.25, 0.3) is 5.56 Å². The van der Waals surface area contributed by atoms with E-state index < -0.39 is 5.54 Å². The highest BCUT2D eigenvalue weighted by Crippen LogP contribution is 2.21. The quantitative estimate of drug-likeness (QED) is 0.762. The first-order valence-corrected chi connectivity index (χ1v) is 8.69. The highest BCUT2D eigenvalue weighted by atomic mass is 35.5. The Kier molecular flexibility index (Phi) is 6.27. The van der Waals surface area contributed by atoms with Gasteiger partial charge in [-0.05, 0) is 44.9 Å². The van der Waals surface area contributed by atoms with Crippen LogP contribution in [0.3, 0.4) is 0 Å². The molecule has 0 fully saturated rings. The van der Waals surface area contributed by atoms with Crippen LogP contribution in [0, 0.1) is 11.8 Å². The van der Waals surface area contributed by atoms with Crippen LogP contribution in [0.4, 0.5) is 0 Å². The van der Waals surface area contributed by atoms with E-state index in [4.69, 9.17) is 16.3 Å². The van der Waals surface area contributed by atoms with Gasteiger partial charge in [0.2, 0.25) is 0 Å². The van der Waals surface area contributed by atoms with Crippen LogP contribution in [-0.4, -0.2) is 9.78 Å². The Balaban J connectivity index is 2.08. The van der Waals surface area contributed by atoms with Crippen LogP contribution < -0.4 is 10.3 Å². The molecule has 1 aromatic carbocycles. The standard InChI is InChI=1S/C20H23ClN2O2/c1-5-6-7-8-15-9-11-16(12-10-15)14-25-17-13-22-23(20(2,3)4)19(24)18(17)21/h9-13H,5-6,14H2,1-4H3. The zero-order chi connectivity index (χ0) is 18.4. The summed E-state index contributed by atoms with van der Waals surface area (Å²) in [5, 5.41) is 4.20. The Hall–Kier alpha value is -2.25. The maximum Gasteiger partial charge on any atom is 0.289 e. The van der Waals surface area contributed by atoms with Gasteiger partial charge in [-0.3, -0.25) is 4.79 Å². The van der Waals surface area contributed by atoms with Gasteiger partial charge in [-0.1, -0.05) is 42.5 Å². The van der Waals surface area contributed by atoms with E-state index in [9.17, 15) is 4.79 Å². The number of nitrogens with zero attached hydrogens (tertiary/aromatic N) is 2. The molecule has 1 heterocycles. The van der Waals surface area contributed by atoms with E-state index in [1.165, 1.54) is 10.9 Å². The Morgan fingerprint density at radius 1 is 1.24 bits per heavy atom. The average Bonchev–Trinajstić information content (AvgIpc) is 2.56. The van der Waals surface area contributed by atoms with Gasteiger partial charge in [-0.25, -0.2) is 4.68 Å². The number of hydrogen-bond donors (Lipinski definition) is 0. The van der Waals surface area contributed by atoms with Gasteiger partial charge in [0.05, 0.1) is 11.7 Å². The smallest absolute Gasteiger partial charge is 0.289 e. The molecule has 0 spiro atoms. The number of unbranched alkanes of at least 4 members (excludes halogenated alkanes) is 1. The second-order valence-corrected chi connectivity index (χ2v) is 7.13. The third-order valence-corrected chi connectivity index (χ3v) is 3.83. The zero-order valence-corrected chi connectivity index (χ0v) is 15.9. The normalized spacial score (nSPS) is 10.9. The van der Waals surface area contributed by atoms with Crippen molar-refractivity contribution >= 4 is 11.6 Å². The van der Waals surface area contributed by atoms with E-state index in [1.54, 1.807) is 0 Å². The van der Waals surface area contributed by atoms with Crippen molar-refractivity contribution in [2.75, 3.05) is 0 Å². The van der Waals surface area contributed by atoms with Crippen molar-refractivity contribution < 1.29 is 4.74 Å². The minimum absolute atomic E-state index is 0.0481. The van der Waals surface area contributed by atoms with Crippen molar-refractivity contribution in [2.24, 2.45) is 0 Å². The van der Waals surface area contributed by atoms with Crippen LogP contribution >= 0.6 is 11.6 Å². The molecule has 25 heavy (non-hydrogen) atoms. The summed E-state index contributed by atoms with van der Waals surface area (Å²) in [4.78, 5) is 12.3. The lowest BCUT2D eigenvalue weighted by Crippen LogP contribution is -2.36. The van der Waals surface area contributed by atoms with Gasteiger partial charge in [0.1, 0.15) is 6.61 Å². The molecule has 0 bridgehead atoms. The molecule has 0 amide bonds. The third kappa shape index (κ3) is 5.11. The Morgan fingerprint density at radius 3 is 2.52 bits per heavy atom. The number of halogens is 1. The second-order valence-electron chi connectivity index (χ2n) is 6.75. The summed E-state index contributed by atoms with van der Waals surface area (Å²) in [6.45, 7) is 8.09. The van der Waals surface area contributed by atoms with Crippen LogP contribution in [0.2, 0.25) is 5.02 Å². The van der Waals surface area contributed by atoms with Crippen molar-refractivity contribution in [1.82, 2.24) is 9.78 Å². The molecule has 0 saturated heterocycles. The topological polar surface area (TPSA) is 44.1 Å². The largest absolute Gasteiger partial charge is 0.485 e. The molecule has 4 nitrogen and oxygen atoms in total. The molecule has 0 radical (unpaired) electrons. The molecule has 2 rings (SSSR count). The summed E-state index contributed by atoms with van der Waals surface area (Å²) in [6.07, 6.45) is 3.44. The molecule has 0 aliphatic carbocycles. The van der Waals surface area contributed by atoms with Crippen LogP contribution in [0.1, 0.15) is 51.7 Å².